The van der Waals surface area contributed by atoms with E-state index >= 15 is 0 Å². The Labute approximate surface area is 377 Å². The molecule has 0 aliphatic heterocycles. The van der Waals surface area contributed by atoms with Crippen molar-refractivity contribution < 1.29 is 46.9 Å². The maximum absolute atomic E-state index is 13.9. The number of carboxylic acid groups (broad SMARTS) is 1. The van der Waals surface area contributed by atoms with Gasteiger partial charge in [0, 0.05) is 39.9 Å². The van der Waals surface area contributed by atoms with Crippen molar-refractivity contribution in [1.29, 1.82) is 0 Å². The average Bonchev–Trinajstić information content (AvgIpc) is 3.30. The molecule has 2 heterocycles. The zero-order valence-corrected chi connectivity index (χ0v) is 36.8. The molecule has 0 unspecified atom stereocenters. The van der Waals surface area contributed by atoms with Crippen molar-refractivity contribution in [1.82, 2.24) is 25.9 Å². The van der Waals surface area contributed by atoms with Gasteiger partial charge in [0.25, 0.3) is 11.8 Å². The van der Waals surface area contributed by atoms with Crippen molar-refractivity contribution in [3.63, 3.8) is 0 Å². The molecular weight excluding hydrogens is 868 g/mol. The molecule has 17 heteroatoms. The lowest BCUT2D eigenvalue weighted by atomic mass is 9.85. The number of aromatic nitrogens is 2. The Balaban J connectivity index is 0.000000219. The predicted molar refractivity (Wildman–Crippen MR) is 237 cm³/mol. The fourth-order valence-corrected chi connectivity index (χ4v) is 8.27. The van der Waals surface area contributed by atoms with Crippen molar-refractivity contribution in [3.05, 3.63) is 131 Å². The third-order valence-electron chi connectivity index (χ3n) is 10.9. The number of carbonyl (C=O) groups is 4. The van der Waals surface area contributed by atoms with Gasteiger partial charge in [-0.3, -0.25) is 19.2 Å². The normalized spacial score (nSPS) is 18.1. The molecule has 0 bridgehead atoms. The first-order chi connectivity index (χ1) is 30.9. The molecule has 5 aromatic rings. The van der Waals surface area contributed by atoms with Crippen LogP contribution in [0.25, 0.3) is 0 Å². The van der Waals surface area contributed by atoms with Crippen molar-refractivity contribution in [3.8, 4) is 23.3 Å². The molecule has 12 nitrogen and oxygen atoms in total. The number of halogens is 3. The zero-order chi connectivity index (χ0) is 45.6. The summed E-state index contributed by atoms with van der Waals surface area (Å²) < 4.78 is 53.0. The second-order valence-corrected chi connectivity index (χ2v) is 17.0. The summed E-state index contributed by atoms with van der Waals surface area (Å²) in [6.07, 6.45) is 10.4. The van der Waals surface area contributed by atoms with Gasteiger partial charge in [0.05, 0.1) is 18.3 Å². The number of benzene rings is 3. The first kappa shape index (κ1) is 47.4. The Morgan fingerprint density at radius 3 is 1.56 bits per heavy atom. The van der Waals surface area contributed by atoms with Gasteiger partial charge in [-0.15, -0.1) is 23.5 Å². The number of carbonyl (C=O) groups excluding carboxylic acids is 3. The van der Waals surface area contributed by atoms with Crippen LogP contribution < -0.4 is 25.4 Å². The number of nitrogens with one attached hydrogen (secondary N) is 3. The van der Waals surface area contributed by atoms with Crippen molar-refractivity contribution in [2.75, 3.05) is 12.5 Å². The molecule has 4 N–H and O–H groups in total. The van der Waals surface area contributed by atoms with E-state index in [9.17, 15) is 32.3 Å². The first-order valence-electron chi connectivity index (χ1n) is 20.7. The molecule has 2 aliphatic rings. The summed E-state index contributed by atoms with van der Waals surface area (Å²) in [6.45, 7) is 0.136. The van der Waals surface area contributed by atoms with Crippen LogP contribution in [-0.2, 0) is 16.1 Å². The van der Waals surface area contributed by atoms with Crippen LogP contribution in [0.2, 0.25) is 0 Å². The molecule has 2 aromatic heterocycles. The number of carboxylic acids is 1. The number of aliphatic carboxylic acids is 1. The van der Waals surface area contributed by atoms with E-state index < -0.39 is 29.4 Å². The standard InChI is InChI=1S/C27H27F2N3O3S.C20H21FN2O4S/c1-36-22-7-4-6-21(14-22)35-27-23(13-19(28)16-31-27)26(34)32-20-11-9-17(10-12-20)25(33)30-15-18-5-2-3-8-24(18)29;1-28-16-4-2-3-15(10-16)27-19-17(9-13(21)11-22-19)18(24)23-14-7-5-12(6-8-14)20(25)26/h2-8,13-14,16-17,20H,9-12,15H2,1H3,(H,30,33)(H,32,34);2-4,9-12,14H,5-8H2,1H3,(H,23,24)(H,25,26). The minimum atomic E-state index is -0.803. The summed E-state index contributed by atoms with van der Waals surface area (Å²) in [7, 11) is 0. The lowest BCUT2D eigenvalue weighted by molar-refractivity contribution is -0.142. The third kappa shape index (κ3) is 13.5. The van der Waals surface area contributed by atoms with Crippen LogP contribution in [0.1, 0.15) is 77.6 Å². The highest BCUT2D eigenvalue weighted by atomic mass is 32.2. The van der Waals surface area contributed by atoms with Gasteiger partial charge < -0.3 is 30.5 Å². The first-order valence-corrected chi connectivity index (χ1v) is 23.1. The molecule has 3 amide bonds. The van der Waals surface area contributed by atoms with E-state index in [0.717, 1.165) is 34.3 Å². The van der Waals surface area contributed by atoms with Crippen LogP contribution in [0.15, 0.2) is 107 Å². The van der Waals surface area contributed by atoms with Gasteiger partial charge in [-0.1, -0.05) is 30.3 Å². The Morgan fingerprint density at radius 2 is 1.11 bits per heavy atom. The molecule has 2 saturated carbocycles. The summed E-state index contributed by atoms with van der Waals surface area (Å²) in [5.74, 6) is -3.05. The van der Waals surface area contributed by atoms with E-state index in [2.05, 4.69) is 25.9 Å². The topological polar surface area (TPSA) is 169 Å². The zero-order valence-electron chi connectivity index (χ0n) is 35.2. The smallest absolute Gasteiger partial charge is 0.306 e. The van der Waals surface area contributed by atoms with E-state index in [4.69, 9.17) is 14.6 Å². The number of hydrogen-bond acceptors (Lipinski definition) is 10. The van der Waals surface area contributed by atoms with E-state index in [1.807, 2.05) is 48.9 Å². The van der Waals surface area contributed by atoms with Gasteiger partial charge in [-0.25, -0.2) is 23.1 Å². The number of amides is 3. The Hall–Kier alpha value is -6.07. The van der Waals surface area contributed by atoms with Gasteiger partial charge in [0.2, 0.25) is 17.7 Å². The molecule has 0 atom stereocenters. The molecule has 3 aromatic carbocycles. The summed E-state index contributed by atoms with van der Waals surface area (Å²) in [6, 6.07) is 22.8. The summed E-state index contributed by atoms with van der Waals surface area (Å²) >= 11 is 3.10. The number of thioether (sulfide) groups is 2. The van der Waals surface area contributed by atoms with Gasteiger partial charge in [0.15, 0.2) is 0 Å². The van der Waals surface area contributed by atoms with Gasteiger partial charge in [-0.05, 0) is 118 Å². The highest BCUT2D eigenvalue weighted by Crippen LogP contribution is 2.31. The molecule has 2 fully saturated rings. The number of pyridine rings is 2. The second kappa shape index (κ2) is 23.0. The number of hydrogen-bond donors (Lipinski definition) is 4. The Kier molecular flexibility index (Phi) is 17.1. The Morgan fingerprint density at radius 1 is 0.641 bits per heavy atom. The number of nitrogens with zero attached hydrogens (tertiary/aromatic N) is 2. The van der Waals surface area contributed by atoms with Crippen LogP contribution >= 0.6 is 23.5 Å². The van der Waals surface area contributed by atoms with Crippen LogP contribution in [0.4, 0.5) is 13.2 Å². The van der Waals surface area contributed by atoms with Crippen molar-refractivity contribution >= 4 is 47.2 Å². The predicted octanol–water partition coefficient (Wildman–Crippen LogP) is 9.59. The van der Waals surface area contributed by atoms with Crippen molar-refractivity contribution in [2.24, 2.45) is 11.8 Å². The van der Waals surface area contributed by atoms with Gasteiger partial charge in [-0.2, -0.15) is 0 Å². The van der Waals surface area contributed by atoms with Gasteiger partial charge >= 0.3 is 5.97 Å². The largest absolute Gasteiger partial charge is 0.481 e. The van der Waals surface area contributed by atoms with Crippen LogP contribution in [-0.4, -0.2) is 63.4 Å². The summed E-state index contributed by atoms with van der Waals surface area (Å²) in [4.78, 5) is 59.2. The van der Waals surface area contributed by atoms with E-state index in [0.29, 0.717) is 68.4 Å². The lowest BCUT2D eigenvalue weighted by Crippen LogP contribution is -2.41. The molecule has 336 valence electrons. The van der Waals surface area contributed by atoms with E-state index in [-0.39, 0.29) is 65.1 Å². The fourth-order valence-electron chi connectivity index (χ4n) is 7.37. The SMILES string of the molecule is CSc1cccc(Oc2ncc(F)cc2C(=O)NC2CCC(C(=O)NCc3ccccc3F)CC2)c1.CSc1cccc(Oc2ncc(F)cc2C(=O)NC2CCC(C(=O)O)CC2)c1. The highest BCUT2D eigenvalue weighted by molar-refractivity contribution is 7.98. The van der Waals surface area contributed by atoms with Crippen LogP contribution in [0, 0.1) is 29.3 Å². The molecule has 0 radical (unpaired) electrons. The summed E-state index contributed by atoms with van der Waals surface area (Å²) in [5.41, 5.74) is 0.456. The molecular formula is C47H48F3N5O7S2. The number of rotatable bonds is 14. The molecule has 7 rings (SSSR count). The lowest BCUT2D eigenvalue weighted by Gasteiger charge is -2.28. The minimum Gasteiger partial charge on any atom is -0.481 e. The Bertz CT molecular complexity index is 2430. The van der Waals surface area contributed by atoms with Gasteiger partial charge in [0.1, 0.15) is 40.1 Å². The molecule has 0 spiro atoms. The second-order valence-electron chi connectivity index (χ2n) is 15.3. The van der Waals surface area contributed by atoms with Crippen molar-refractivity contribution in [2.45, 2.75) is 79.8 Å². The maximum Gasteiger partial charge on any atom is 0.306 e. The van der Waals surface area contributed by atoms with Crippen LogP contribution in [0.3, 0.4) is 0 Å². The molecule has 0 saturated heterocycles. The maximum atomic E-state index is 13.9. The number of ether oxygens (including phenoxy) is 2. The average molecular weight is 916 g/mol. The quantitative estimate of drug-likeness (QED) is 0.0783. The third-order valence-corrected chi connectivity index (χ3v) is 12.3. The highest BCUT2D eigenvalue weighted by Gasteiger charge is 2.30. The fraction of sp³-hybridized carbons (Fsp3) is 0.319. The van der Waals surface area contributed by atoms with E-state index in [1.165, 1.54) is 6.07 Å². The van der Waals surface area contributed by atoms with E-state index in [1.54, 1.807) is 53.9 Å². The summed E-state index contributed by atoms with van der Waals surface area (Å²) in [5, 5.41) is 17.6. The monoisotopic (exact) mass is 915 g/mol. The minimum absolute atomic E-state index is 0.00862. The van der Waals surface area contributed by atoms with Crippen LogP contribution in [0.5, 0.6) is 23.3 Å². The molecule has 64 heavy (non-hydrogen) atoms. The molecule has 2 aliphatic carbocycles.